The maximum Gasteiger partial charge on any atom is 0.107 e. The molecule has 10 heteroatoms. The lowest BCUT2D eigenvalue weighted by atomic mass is 9.92. The summed E-state index contributed by atoms with van der Waals surface area (Å²) in [6.45, 7) is 40.0. The van der Waals surface area contributed by atoms with Crippen LogP contribution >= 0.6 is 0 Å². The third-order valence-corrected chi connectivity index (χ3v) is 19.2. The molecule has 8 aromatic carbocycles. The Hall–Kier alpha value is -9.54. The second-order valence-corrected chi connectivity index (χ2v) is 26.7. The van der Waals surface area contributed by atoms with Crippen molar-refractivity contribution in [2.75, 3.05) is 46.2 Å². The van der Waals surface area contributed by atoms with Gasteiger partial charge in [-0.15, -0.1) is 0 Å². The quantitative estimate of drug-likeness (QED) is 0.125. The largest absolute Gasteiger partial charge is 0.359 e. The summed E-state index contributed by atoms with van der Waals surface area (Å²) in [6.07, 6.45) is 23.4. The SMILES string of the molecule is Cc1ccccc1N1C=CN(C(C)C)[C@H]1C.Cc1ccccc1N1C=CN(C)[C@H]1C.Cc1ccccc1N1C=CN(c2c(C(C)C)cccc2C(C)C)[C@H]1C.Cc1ccccc1N1C=CN(c2c(C)cccc2C)[C@H]1C.Cc1ccccc1N1C=CN(c2ccccc2)[C@H]1C. The molecule has 0 radical (unpaired) electrons. The van der Waals surface area contributed by atoms with Crippen LogP contribution in [-0.4, -0.2) is 53.7 Å². The molecule has 8 aromatic rings. The van der Waals surface area contributed by atoms with Gasteiger partial charge in [-0.05, 0) is 201 Å². The van der Waals surface area contributed by atoms with E-state index < -0.39 is 0 Å². The average molecular weight is 1270 g/mol. The lowest BCUT2D eigenvalue weighted by Crippen LogP contribution is -2.39. The smallest absolute Gasteiger partial charge is 0.107 e. The maximum atomic E-state index is 2.44. The summed E-state index contributed by atoms with van der Waals surface area (Å²) in [7, 11) is 2.10. The molecular formula is C85H106N10. The number of nitrogens with zero attached hydrogens (tertiary/aromatic N) is 10. The summed E-state index contributed by atoms with van der Waals surface area (Å²) in [5.41, 5.74) is 22.4. The van der Waals surface area contributed by atoms with Gasteiger partial charge in [0.1, 0.15) is 30.8 Å². The Morgan fingerprint density at radius 1 is 0.253 bits per heavy atom. The standard InChI is InChI=1S/C23H30N2.C19H22N2.C17H18N2.C14H20N2.C12H16N2/c1-16(2)20-11-9-12-21(17(3)4)23(20)25-15-14-24(19(25)6)22-13-8-7-10-18(22)5;1-14-8-5-6-11-18(14)20-12-13-21(17(20)4)19-15(2)9-7-10-16(19)3;1-14-8-6-7-11-17(14)19-13-12-18(15(19)2)16-9-4-3-5-10-16;1-11(2)15-9-10-16(13(15)4)14-8-6-5-7-12(14)3;1-10-6-4-5-7-12(10)14-9-8-13(3)11(14)2/h7-17,19H,1-6H3;5-13,17H,1-4H3;3-13,15H,1-2H3;5-11,13H,1-4H3;4-9,11H,1-3H3/t19-;17-;15-;13-;11-/m00111/s1. The van der Waals surface area contributed by atoms with Crippen LogP contribution in [0.25, 0.3) is 0 Å². The van der Waals surface area contributed by atoms with Crippen molar-refractivity contribution in [3.63, 3.8) is 0 Å². The molecule has 0 unspecified atom stereocenters. The highest BCUT2D eigenvalue weighted by Crippen LogP contribution is 2.41. The molecule has 0 aliphatic carbocycles. The van der Waals surface area contributed by atoms with Gasteiger partial charge in [-0.2, -0.15) is 0 Å². The molecule has 0 aromatic heterocycles. The molecule has 5 aliphatic heterocycles. The van der Waals surface area contributed by atoms with Gasteiger partial charge in [-0.3, -0.25) is 0 Å². The Kier molecular flexibility index (Phi) is 23.2. The Balaban J connectivity index is 0.000000141. The zero-order chi connectivity index (χ0) is 68.2. The van der Waals surface area contributed by atoms with E-state index in [1.165, 1.54) is 95.6 Å². The molecule has 5 atom stereocenters. The van der Waals surface area contributed by atoms with Crippen LogP contribution in [0.1, 0.15) is 138 Å². The molecule has 13 rings (SSSR count). The van der Waals surface area contributed by atoms with E-state index in [9.17, 15) is 0 Å². The lowest BCUT2D eigenvalue weighted by Gasteiger charge is -2.34. The molecule has 0 saturated carbocycles. The van der Waals surface area contributed by atoms with Crippen LogP contribution < -0.4 is 39.2 Å². The molecule has 95 heavy (non-hydrogen) atoms. The fourth-order valence-corrected chi connectivity index (χ4v) is 13.5. The van der Waals surface area contributed by atoms with Crippen molar-refractivity contribution in [1.29, 1.82) is 0 Å². The van der Waals surface area contributed by atoms with Gasteiger partial charge in [0.15, 0.2) is 0 Å². The predicted octanol–water partition coefficient (Wildman–Crippen LogP) is 21.2. The van der Waals surface area contributed by atoms with E-state index in [0.717, 1.165) is 0 Å². The van der Waals surface area contributed by atoms with Crippen molar-refractivity contribution in [1.82, 2.24) is 9.80 Å². The summed E-state index contributed by atoms with van der Waals surface area (Å²) >= 11 is 0. The summed E-state index contributed by atoms with van der Waals surface area (Å²) in [6, 6.07) is 66.9. The van der Waals surface area contributed by atoms with Gasteiger partial charge in [0.05, 0.1) is 0 Å². The van der Waals surface area contributed by atoms with Crippen molar-refractivity contribution in [3.8, 4) is 0 Å². The summed E-state index contributed by atoms with van der Waals surface area (Å²) in [5.74, 6) is 1.00. The van der Waals surface area contributed by atoms with Crippen molar-refractivity contribution in [2.45, 2.75) is 173 Å². The van der Waals surface area contributed by atoms with Crippen molar-refractivity contribution < 1.29 is 0 Å². The first-order valence-corrected chi connectivity index (χ1v) is 34.3. The first-order valence-electron chi connectivity index (χ1n) is 34.3. The molecule has 0 saturated heterocycles. The van der Waals surface area contributed by atoms with Crippen LogP contribution in [0.4, 0.5) is 45.5 Å². The highest BCUT2D eigenvalue weighted by atomic mass is 15.4. The number of hydrogen-bond donors (Lipinski definition) is 0. The molecule has 5 aliphatic rings. The number of para-hydroxylation sites is 8. The summed E-state index contributed by atoms with van der Waals surface area (Å²) < 4.78 is 0. The minimum absolute atomic E-state index is 0.262. The van der Waals surface area contributed by atoms with E-state index in [4.69, 9.17) is 0 Å². The first kappa shape index (κ1) is 69.8. The van der Waals surface area contributed by atoms with Gasteiger partial charge >= 0.3 is 0 Å². The molecule has 5 heterocycles. The molecule has 0 amide bonds. The van der Waals surface area contributed by atoms with Gasteiger partial charge in [0, 0.05) is 121 Å². The van der Waals surface area contributed by atoms with Crippen LogP contribution in [0, 0.1) is 48.5 Å². The minimum Gasteiger partial charge on any atom is -0.359 e. The van der Waals surface area contributed by atoms with Gasteiger partial charge in [0.25, 0.3) is 0 Å². The molecule has 10 nitrogen and oxygen atoms in total. The fourth-order valence-electron chi connectivity index (χ4n) is 13.5. The monoisotopic (exact) mass is 1270 g/mol. The van der Waals surface area contributed by atoms with Gasteiger partial charge in [-0.25, -0.2) is 0 Å². The van der Waals surface area contributed by atoms with E-state index in [-0.39, 0.29) is 12.3 Å². The second kappa shape index (κ2) is 31.6. The van der Waals surface area contributed by atoms with Crippen LogP contribution in [0.15, 0.2) is 250 Å². The topological polar surface area (TPSA) is 32.4 Å². The molecular weight excluding hydrogens is 1160 g/mol. The highest BCUT2D eigenvalue weighted by Gasteiger charge is 2.32. The second-order valence-electron chi connectivity index (χ2n) is 26.7. The average Bonchev–Trinajstić information content (AvgIpc) is 1.73. The number of aryl methyl sites for hydroxylation is 7. The van der Waals surface area contributed by atoms with Crippen LogP contribution in [0.2, 0.25) is 0 Å². The molecule has 496 valence electrons. The minimum atomic E-state index is 0.262. The fraction of sp³-hybridized carbons (Fsp3) is 0.318. The zero-order valence-corrected chi connectivity index (χ0v) is 60.3. The van der Waals surface area contributed by atoms with E-state index >= 15 is 0 Å². The number of benzene rings is 8. The Morgan fingerprint density at radius 3 is 0.884 bits per heavy atom. The Labute approximate surface area is 571 Å². The first-order chi connectivity index (χ1) is 45.6. The number of rotatable bonds is 11. The van der Waals surface area contributed by atoms with Crippen molar-refractivity contribution in [2.24, 2.45) is 0 Å². The van der Waals surface area contributed by atoms with Gasteiger partial charge in [-0.1, -0.05) is 173 Å². The van der Waals surface area contributed by atoms with E-state index in [1.807, 2.05) is 6.07 Å². The van der Waals surface area contributed by atoms with Crippen molar-refractivity contribution in [3.05, 3.63) is 300 Å². The third-order valence-electron chi connectivity index (χ3n) is 19.2. The third kappa shape index (κ3) is 15.8. The van der Waals surface area contributed by atoms with Crippen LogP contribution in [-0.2, 0) is 0 Å². The molecule has 0 bridgehead atoms. The summed E-state index contributed by atoms with van der Waals surface area (Å²) in [5, 5.41) is 0. The van der Waals surface area contributed by atoms with Crippen LogP contribution in [0.5, 0.6) is 0 Å². The highest BCUT2D eigenvalue weighted by molar-refractivity contribution is 5.71. The zero-order valence-electron chi connectivity index (χ0n) is 60.3. The van der Waals surface area contributed by atoms with E-state index in [0.29, 0.717) is 36.4 Å². The Morgan fingerprint density at radius 2 is 0.537 bits per heavy atom. The molecule has 0 N–H and O–H groups in total. The van der Waals surface area contributed by atoms with E-state index in [2.05, 4.69) is 425 Å². The number of hydrogen-bond acceptors (Lipinski definition) is 10. The summed E-state index contributed by atoms with van der Waals surface area (Å²) in [4.78, 5) is 23.3. The number of anilines is 8. The van der Waals surface area contributed by atoms with E-state index in [1.54, 1.807) is 0 Å². The normalized spacial score (nSPS) is 18.4. The maximum absolute atomic E-state index is 2.44. The Bertz CT molecular complexity index is 3920. The van der Waals surface area contributed by atoms with Crippen LogP contribution in [0.3, 0.4) is 0 Å². The van der Waals surface area contributed by atoms with Gasteiger partial charge < -0.3 is 49.0 Å². The lowest BCUT2D eigenvalue weighted by molar-refractivity contribution is 0.263. The molecule has 0 spiro atoms. The molecule has 0 fully saturated rings. The van der Waals surface area contributed by atoms with Crippen molar-refractivity contribution >= 4 is 45.5 Å². The van der Waals surface area contributed by atoms with Gasteiger partial charge in [0.2, 0.25) is 0 Å². The predicted molar refractivity (Wildman–Crippen MR) is 410 cm³/mol.